The number of benzene rings is 2. The Morgan fingerprint density at radius 2 is 1.41 bits per heavy atom. The maximum atomic E-state index is 12.1. The lowest BCUT2D eigenvalue weighted by atomic mass is 10.1. The number of aromatic hydroxyl groups is 5. The molecule has 7 nitrogen and oxygen atoms in total. The van der Waals surface area contributed by atoms with Gasteiger partial charge in [-0.3, -0.25) is 4.79 Å². The molecule has 0 aliphatic carbocycles. The van der Waals surface area contributed by atoms with E-state index >= 15 is 0 Å². The van der Waals surface area contributed by atoms with Crippen LogP contribution in [-0.4, -0.2) is 25.5 Å². The summed E-state index contributed by atoms with van der Waals surface area (Å²) >= 11 is 0. The smallest absolute Gasteiger partial charge is 0.235 e. The van der Waals surface area contributed by atoms with E-state index in [9.17, 15) is 30.3 Å². The van der Waals surface area contributed by atoms with Gasteiger partial charge in [0.2, 0.25) is 11.2 Å². The molecule has 3 aromatic rings. The number of phenolic OH excluding ortho intramolecular Hbond substituents is 4. The van der Waals surface area contributed by atoms with E-state index < -0.39 is 28.4 Å². The average Bonchev–Trinajstić information content (AvgIpc) is 2.48. The van der Waals surface area contributed by atoms with Gasteiger partial charge in [-0.15, -0.1) is 0 Å². The minimum Gasteiger partial charge on any atom is -0.504 e. The van der Waals surface area contributed by atoms with E-state index in [1.165, 1.54) is 12.1 Å². The third-order valence-corrected chi connectivity index (χ3v) is 3.20. The quantitative estimate of drug-likeness (QED) is 0.434. The largest absolute Gasteiger partial charge is 0.504 e. The molecule has 22 heavy (non-hydrogen) atoms. The fourth-order valence-corrected chi connectivity index (χ4v) is 2.07. The first kappa shape index (κ1) is 13.6. The van der Waals surface area contributed by atoms with Crippen LogP contribution in [0.2, 0.25) is 0 Å². The molecule has 0 saturated heterocycles. The van der Waals surface area contributed by atoms with Gasteiger partial charge in [-0.1, -0.05) is 0 Å². The zero-order chi connectivity index (χ0) is 16.0. The van der Waals surface area contributed by atoms with Crippen LogP contribution < -0.4 is 5.43 Å². The summed E-state index contributed by atoms with van der Waals surface area (Å²) in [5, 5.41) is 47.5. The van der Waals surface area contributed by atoms with Crippen molar-refractivity contribution in [3.05, 3.63) is 40.6 Å². The van der Waals surface area contributed by atoms with Crippen LogP contribution in [0.3, 0.4) is 0 Å². The lowest BCUT2D eigenvalue weighted by molar-refractivity contribution is 0.402. The molecule has 1 heterocycles. The number of rotatable bonds is 1. The van der Waals surface area contributed by atoms with Crippen LogP contribution in [0.5, 0.6) is 28.7 Å². The minimum atomic E-state index is -0.806. The molecule has 0 aliphatic heterocycles. The van der Waals surface area contributed by atoms with Crippen LogP contribution in [0.1, 0.15) is 0 Å². The summed E-state index contributed by atoms with van der Waals surface area (Å²) < 4.78 is 5.38. The first-order chi connectivity index (χ1) is 10.4. The second-order valence-electron chi connectivity index (χ2n) is 4.65. The molecule has 0 spiro atoms. The second kappa shape index (κ2) is 4.59. The molecule has 7 heteroatoms. The Bertz CT molecular complexity index is 956. The average molecular weight is 302 g/mol. The highest BCUT2D eigenvalue weighted by atomic mass is 16.4. The van der Waals surface area contributed by atoms with E-state index in [0.717, 1.165) is 18.2 Å². The van der Waals surface area contributed by atoms with Gasteiger partial charge in [0.05, 0.1) is 5.39 Å². The summed E-state index contributed by atoms with van der Waals surface area (Å²) in [6, 6.07) is 5.63. The van der Waals surface area contributed by atoms with Crippen molar-refractivity contribution in [3.63, 3.8) is 0 Å². The van der Waals surface area contributed by atoms with Crippen LogP contribution in [0.25, 0.3) is 22.3 Å². The Morgan fingerprint density at radius 1 is 0.773 bits per heavy atom. The van der Waals surface area contributed by atoms with Crippen LogP contribution >= 0.6 is 0 Å². The van der Waals surface area contributed by atoms with Gasteiger partial charge in [0.1, 0.15) is 5.58 Å². The first-order valence-corrected chi connectivity index (χ1v) is 6.12. The second-order valence-corrected chi connectivity index (χ2v) is 4.65. The Balaban J connectivity index is 2.35. The molecule has 3 rings (SSSR count). The maximum absolute atomic E-state index is 12.1. The molecule has 0 fully saturated rings. The standard InChI is InChI=1S/C15H10O7/c16-8-2-1-6(3-9(8)17)15-14(21)13(20)7-4-10(18)11(19)5-12(7)22-15/h1-5,16-19,21H. The first-order valence-electron chi connectivity index (χ1n) is 6.12. The summed E-state index contributed by atoms with van der Waals surface area (Å²) in [6.45, 7) is 0. The third-order valence-electron chi connectivity index (χ3n) is 3.20. The Hall–Kier alpha value is -3.35. The zero-order valence-electron chi connectivity index (χ0n) is 10.9. The molecule has 2 aromatic carbocycles. The Labute approximate surface area is 122 Å². The molecule has 1 aromatic heterocycles. The molecule has 112 valence electrons. The third kappa shape index (κ3) is 1.96. The van der Waals surface area contributed by atoms with Crippen molar-refractivity contribution in [2.45, 2.75) is 0 Å². The number of hydrogen-bond acceptors (Lipinski definition) is 7. The van der Waals surface area contributed by atoms with Gasteiger partial charge in [0, 0.05) is 11.6 Å². The van der Waals surface area contributed by atoms with Gasteiger partial charge in [-0.2, -0.15) is 0 Å². The normalized spacial score (nSPS) is 10.9. The molecule has 0 aliphatic rings. The van der Waals surface area contributed by atoms with Crippen LogP contribution in [0.4, 0.5) is 0 Å². The van der Waals surface area contributed by atoms with Crippen molar-refractivity contribution >= 4 is 11.0 Å². The number of hydrogen-bond donors (Lipinski definition) is 5. The Kier molecular flexibility index (Phi) is 2.84. The van der Waals surface area contributed by atoms with E-state index in [1.54, 1.807) is 0 Å². The molecule has 0 unspecified atom stereocenters. The van der Waals surface area contributed by atoms with E-state index in [4.69, 9.17) is 4.42 Å². The summed E-state index contributed by atoms with van der Waals surface area (Å²) in [5.41, 5.74) is -0.709. The lowest BCUT2D eigenvalue weighted by Crippen LogP contribution is -2.02. The maximum Gasteiger partial charge on any atom is 0.235 e. The van der Waals surface area contributed by atoms with E-state index in [-0.39, 0.29) is 28.0 Å². The van der Waals surface area contributed by atoms with E-state index in [2.05, 4.69) is 0 Å². The Morgan fingerprint density at radius 3 is 2.09 bits per heavy atom. The van der Waals surface area contributed by atoms with Crippen molar-refractivity contribution < 1.29 is 29.9 Å². The fourth-order valence-electron chi connectivity index (χ4n) is 2.07. The highest BCUT2D eigenvalue weighted by Crippen LogP contribution is 2.37. The predicted octanol–water partition coefficient (Wildman–Crippen LogP) is 1.99. The van der Waals surface area contributed by atoms with Crippen molar-refractivity contribution in [1.29, 1.82) is 0 Å². The molecule has 5 N–H and O–H groups in total. The van der Waals surface area contributed by atoms with Crippen LogP contribution in [0, 0.1) is 0 Å². The zero-order valence-corrected chi connectivity index (χ0v) is 10.9. The van der Waals surface area contributed by atoms with Crippen molar-refractivity contribution in [1.82, 2.24) is 0 Å². The van der Waals surface area contributed by atoms with E-state index in [1.807, 2.05) is 0 Å². The molecular formula is C15H10O7. The molecular weight excluding hydrogens is 292 g/mol. The molecule has 0 amide bonds. The van der Waals surface area contributed by atoms with Crippen molar-refractivity contribution in [3.8, 4) is 40.1 Å². The minimum absolute atomic E-state index is 0.0549. The molecule has 0 bridgehead atoms. The molecule has 0 saturated carbocycles. The van der Waals surface area contributed by atoms with Crippen molar-refractivity contribution in [2.24, 2.45) is 0 Å². The molecule has 0 atom stereocenters. The van der Waals surface area contributed by atoms with Gasteiger partial charge < -0.3 is 29.9 Å². The highest BCUT2D eigenvalue weighted by molar-refractivity contribution is 5.84. The number of phenols is 4. The molecule has 0 radical (unpaired) electrons. The summed E-state index contributed by atoms with van der Waals surface area (Å²) in [4.78, 5) is 12.1. The fraction of sp³-hybridized carbons (Fsp3) is 0. The van der Waals surface area contributed by atoms with Gasteiger partial charge in [0.25, 0.3) is 0 Å². The highest BCUT2D eigenvalue weighted by Gasteiger charge is 2.18. The lowest BCUT2D eigenvalue weighted by Gasteiger charge is -2.08. The van der Waals surface area contributed by atoms with Crippen molar-refractivity contribution in [2.75, 3.05) is 0 Å². The monoisotopic (exact) mass is 302 g/mol. The summed E-state index contributed by atoms with van der Waals surface area (Å²) in [7, 11) is 0. The van der Waals surface area contributed by atoms with Crippen LogP contribution in [-0.2, 0) is 0 Å². The topological polar surface area (TPSA) is 131 Å². The van der Waals surface area contributed by atoms with Gasteiger partial charge >= 0.3 is 0 Å². The van der Waals surface area contributed by atoms with E-state index in [0.29, 0.717) is 0 Å². The van der Waals surface area contributed by atoms with Crippen LogP contribution in [0.15, 0.2) is 39.5 Å². The van der Waals surface area contributed by atoms with Gasteiger partial charge in [-0.05, 0) is 24.3 Å². The SMILES string of the molecule is O=c1c(O)c(-c2ccc(O)c(O)c2)oc2cc(O)c(O)cc12. The van der Waals surface area contributed by atoms with Gasteiger partial charge in [-0.25, -0.2) is 0 Å². The number of fused-ring (bicyclic) bond motifs is 1. The summed E-state index contributed by atoms with van der Waals surface area (Å²) in [6.07, 6.45) is 0. The van der Waals surface area contributed by atoms with Gasteiger partial charge in [0.15, 0.2) is 28.8 Å². The summed E-state index contributed by atoms with van der Waals surface area (Å²) in [5.74, 6) is -2.78. The predicted molar refractivity (Wildman–Crippen MR) is 76.2 cm³/mol.